The number of esters is 1. The molecular weight excluding hydrogens is 669 g/mol. The fourth-order valence-electron chi connectivity index (χ4n) is 3.27. The fraction of sp³-hybridized carbons (Fsp3) is 0.0833. The number of hydrogen-bond donors (Lipinski definition) is 0. The molecule has 0 bridgehead atoms. The van der Waals surface area contributed by atoms with Gasteiger partial charge in [0.05, 0.1) is 12.1 Å². The highest BCUT2D eigenvalue weighted by Crippen LogP contribution is 2.31. The second kappa shape index (κ2) is 10.2. The number of halogens is 3. The smallest absolute Gasteiger partial charge is 0.363 e. The van der Waals surface area contributed by atoms with Crippen molar-refractivity contribution in [3.8, 4) is 5.75 Å². The van der Waals surface area contributed by atoms with Crippen LogP contribution < -0.4 is 4.74 Å². The highest BCUT2D eigenvalue weighted by atomic mass is 127. The Kier molecular flexibility index (Phi) is 7.26. The number of rotatable bonds is 6. The average molecular weight is 684 g/mol. The Labute approximate surface area is 221 Å². The number of aryl methyl sites for hydroxylation is 1. The summed E-state index contributed by atoms with van der Waals surface area (Å²) in [6.07, 6.45) is 1.61. The van der Waals surface area contributed by atoms with Gasteiger partial charge in [0, 0.05) is 17.2 Å². The maximum absolute atomic E-state index is 13.4. The zero-order valence-electron chi connectivity index (χ0n) is 17.6. The Morgan fingerprint density at radius 2 is 1.88 bits per heavy atom. The summed E-state index contributed by atoms with van der Waals surface area (Å²) in [7, 11) is 0. The SMILES string of the molecule is Cc1cc(C2=N/C(=C\c3cc(I)c(OCc4cccc(F)c4)c(I)c3)C(=O)O2)ccc1[N+](=O)[O-]. The normalized spacial score (nSPS) is 14.2. The van der Waals surface area contributed by atoms with Crippen molar-refractivity contribution in [2.75, 3.05) is 0 Å². The molecule has 1 aliphatic rings. The van der Waals surface area contributed by atoms with E-state index in [-0.39, 0.29) is 29.7 Å². The molecule has 3 aromatic carbocycles. The summed E-state index contributed by atoms with van der Waals surface area (Å²) in [5, 5.41) is 11.0. The minimum absolute atomic E-state index is 0.0201. The molecule has 172 valence electrons. The van der Waals surface area contributed by atoms with Gasteiger partial charge in [0.25, 0.3) is 5.69 Å². The van der Waals surface area contributed by atoms with Crippen molar-refractivity contribution in [1.29, 1.82) is 0 Å². The van der Waals surface area contributed by atoms with Crippen LogP contribution in [0.1, 0.15) is 22.3 Å². The van der Waals surface area contributed by atoms with E-state index < -0.39 is 10.9 Å². The Morgan fingerprint density at radius 3 is 2.53 bits per heavy atom. The van der Waals surface area contributed by atoms with Crippen LogP contribution in [0.15, 0.2) is 65.3 Å². The number of carbonyl (C=O) groups is 1. The molecule has 1 heterocycles. The molecule has 1 aliphatic heterocycles. The maximum Gasteiger partial charge on any atom is 0.363 e. The molecule has 34 heavy (non-hydrogen) atoms. The van der Waals surface area contributed by atoms with E-state index in [2.05, 4.69) is 50.2 Å². The van der Waals surface area contributed by atoms with E-state index in [1.54, 1.807) is 31.2 Å². The van der Waals surface area contributed by atoms with E-state index in [0.717, 1.165) is 18.3 Å². The Hall–Kier alpha value is -2.87. The third kappa shape index (κ3) is 5.43. The third-order valence-corrected chi connectivity index (χ3v) is 6.46. The molecule has 0 spiro atoms. The molecule has 0 atom stereocenters. The molecule has 7 nitrogen and oxygen atoms in total. The van der Waals surface area contributed by atoms with Crippen molar-refractivity contribution in [2.24, 2.45) is 4.99 Å². The van der Waals surface area contributed by atoms with E-state index in [1.165, 1.54) is 24.3 Å². The lowest BCUT2D eigenvalue weighted by Gasteiger charge is -2.11. The first-order valence-corrected chi connectivity index (χ1v) is 12.0. The van der Waals surface area contributed by atoms with Crippen molar-refractivity contribution in [2.45, 2.75) is 13.5 Å². The minimum atomic E-state index is -0.609. The molecule has 0 saturated carbocycles. The second-order valence-electron chi connectivity index (χ2n) is 7.33. The van der Waals surface area contributed by atoms with Crippen molar-refractivity contribution in [1.82, 2.24) is 0 Å². The standard InChI is InChI=1S/C24H15FI2N2O5/c1-13-7-16(5-6-21(13)29(31)32)23-28-20(24(30)34-23)11-15-9-18(26)22(19(27)10-15)33-12-14-3-2-4-17(25)8-14/h2-11H,12H2,1H3/b20-11-. The molecule has 0 aromatic heterocycles. The summed E-state index contributed by atoms with van der Waals surface area (Å²) < 4.78 is 26.2. The number of nitro groups is 1. The summed E-state index contributed by atoms with van der Waals surface area (Å²) in [5.74, 6) is -0.178. The van der Waals surface area contributed by atoms with E-state index in [0.29, 0.717) is 16.9 Å². The number of cyclic esters (lactones) is 1. The lowest BCUT2D eigenvalue weighted by Crippen LogP contribution is -2.06. The van der Waals surface area contributed by atoms with Crippen LogP contribution in [0.2, 0.25) is 0 Å². The van der Waals surface area contributed by atoms with Gasteiger partial charge in [-0.3, -0.25) is 10.1 Å². The monoisotopic (exact) mass is 684 g/mol. The van der Waals surface area contributed by atoms with E-state index in [9.17, 15) is 19.3 Å². The Bertz CT molecular complexity index is 1360. The van der Waals surface area contributed by atoms with Gasteiger partial charge in [0.15, 0.2) is 5.70 Å². The average Bonchev–Trinajstić information content (AvgIpc) is 3.13. The van der Waals surface area contributed by atoms with Crippen LogP contribution in [0.3, 0.4) is 0 Å². The largest absolute Gasteiger partial charge is 0.487 e. The lowest BCUT2D eigenvalue weighted by atomic mass is 10.1. The molecule has 0 amide bonds. The molecule has 0 unspecified atom stereocenters. The first kappa shape index (κ1) is 24.3. The summed E-state index contributed by atoms with van der Waals surface area (Å²) in [5.41, 5.74) is 2.46. The van der Waals surface area contributed by atoms with Gasteiger partial charge >= 0.3 is 5.97 Å². The highest BCUT2D eigenvalue weighted by Gasteiger charge is 2.25. The Morgan fingerprint density at radius 1 is 1.15 bits per heavy atom. The van der Waals surface area contributed by atoms with Gasteiger partial charge in [0.2, 0.25) is 5.90 Å². The van der Waals surface area contributed by atoms with Gasteiger partial charge in [-0.05, 0) is 106 Å². The Balaban J connectivity index is 1.56. The van der Waals surface area contributed by atoms with Crippen molar-refractivity contribution in [3.63, 3.8) is 0 Å². The molecule has 0 aliphatic carbocycles. The molecule has 0 saturated heterocycles. The molecule has 3 aromatic rings. The van der Waals surface area contributed by atoms with E-state index in [4.69, 9.17) is 9.47 Å². The maximum atomic E-state index is 13.4. The zero-order chi connectivity index (χ0) is 24.4. The fourth-order valence-corrected chi connectivity index (χ4v) is 5.39. The van der Waals surface area contributed by atoms with Crippen LogP contribution >= 0.6 is 45.2 Å². The number of carbonyl (C=O) groups excluding carboxylic acids is 1. The molecule has 10 heteroatoms. The number of aliphatic imine (C=N–C) groups is 1. The van der Waals surface area contributed by atoms with Crippen LogP contribution in [0.25, 0.3) is 6.08 Å². The minimum Gasteiger partial charge on any atom is -0.487 e. The van der Waals surface area contributed by atoms with Crippen molar-refractivity contribution in [3.05, 3.63) is 106 Å². The van der Waals surface area contributed by atoms with Gasteiger partial charge in [-0.1, -0.05) is 12.1 Å². The lowest BCUT2D eigenvalue weighted by molar-refractivity contribution is -0.385. The zero-order valence-corrected chi connectivity index (χ0v) is 21.9. The quantitative estimate of drug-likeness (QED) is 0.102. The number of benzene rings is 3. The summed E-state index contributed by atoms with van der Waals surface area (Å²) in [6.45, 7) is 1.83. The molecule has 0 radical (unpaired) electrons. The second-order valence-corrected chi connectivity index (χ2v) is 9.65. The van der Waals surface area contributed by atoms with Crippen LogP contribution in [0, 0.1) is 30.0 Å². The summed E-state index contributed by atoms with van der Waals surface area (Å²) >= 11 is 4.28. The van der Waals surface area contributed by atoms with E-state index >= 15 is 0 Å². The van der Waals surface area contributed by atoms with Gasteiger partial charge in [-0.15, -0.1) is 0 Å². The van der Waals surface area contributed by atoms with Gasteiger partial charge in [-0.2, -0.15) is 0 Å². The molecule has 4 rings (SSSR count). The highest BCUT2D eigenvalue weighted by molar-refractivity contribution is 14.1. The van der Waals surface area contributed by atoms with Crippen LogP contribution in [-0.4, -0.2) is 16.8 Å². The summed E-state index contributed by atoms with van der Waals surface area (Å²) in [6, 6.07) is 14.3. The molecular formula is C24H15FI2N2O5. The molecule has 0 fully saturated rings. The predicted octanol–water partition coefficient (Wildman–Crippen LogP) is 6.18. The molecule has 0 N–H and O–H groups in total. The number of nitro benzene ring substituents is 1. The van der Waals surface area contributed by atoms with Gasteiger partial charge in [0.1, 0.15) is 18.2 Å². The predicted molar refractivity (Wildman–Crippen MR) is 141 cm³/mol. The van der Waals surface area contributed by atoms with Crippen LogP contribution in [0.4, 0.5) is 10.1 Å². The van der Waals surface area contributed by atoms with Crippen molar-refractivity contribution < 1.29 is 23.6 Å². The van der Waals surface area contributed by atoms with Crippen LogP contribution in [-0.2, 0) is 16.1 Å². The summed E-state index contributed by atoms with van der Waals surface area (Å²) in [4.78, 5) is 27.2. The number of nitrogens with zero attached hydrogens (tertiary/aromatic N) is 2. The number of hydrogen-bond acceptors (Lipinski definition) is 6. The van der Waals surface area contributed by atoms with E-state index in [1.807, 2.05) is 12.1 Å². The first-order valence-electron chi connectivity index (χ1n) is 9.85. The van der Waals surface area contributed by atoms with Crippen LogP contribution in [0.5, 0.6) is 5.75 Å². The van der Waals surface area contributed by atoms with Crippen molar-refractivity contribution >= 4 is 68.8 Å². The van der Waals surface area contributed by atoms with Gasteiger partial charge < -0.3 is 9.47 Å². The topological polar surface area (TPSA) is 91.0 Å². The third-order valence-electron chi connectivity index (χ3n) is 4.86. The van der Waals surface area contributed by atoms with Gasteiger partial charge in [-0.25, -0.2) is 14.2 Å². The number of ether oxygens (including phenoxy) is 2. The first-order chi connectivity index (χ1) is 16.2.